The summed E-state index contributed by atoms with van der Waals surface area (Å²) in [6, 6.07) is 7.92. The van der Waals surface area contributed by atoms with Crippen LogP contribution < -0.4 is 4.90 Å². The summed E-state index contributed by atoms with van der Waals surface area (Å²) in [6.07, 6.45) is 5.27. The van der Waals surface area contributed by atoms with E-state index in [2.05, 4.69) is 4.90 Å². The van der Waals surface area contributed by atoms with Gasteiger partial charge in [0.25, 0.3) is 0 Å². The SMILES string of the molecule is CN(C)C(=O)C1CCN(c2nc(CSc3ccc(Cl)cc3)nc3sc4c(c23)CCC4)CC1. The summed E-state index contributed by atoms with van der Waals surface area (Å²) in [7, 11) is 3.70. The van der Waals surface area contributed by atoms with Crippen molar-refractivity contribution in [2.45, 2.75) is 42.8 Å². The Balaban J connectivity index is 1.42. The van der Waals surface area contributed by atoms with Crippen LogP contribution in [0.1, 0.15) is 35.5 Å². The zero-order valence-electron chi connectivity index (χ0n) is 18.4. The minimum absolute atomic E-state index is 0.117. The molecule has 1 aliphatic carbocycles. The van der Waals surface area contributed by atoms with Crippen LogP contribution in [0.3, 0.4) is 0 Å². The lowest BCUT2D eigenvalue weighted by Crippen LogP contribution is -2.40. The maximum absolute atomic E-state index is 12.4. The van der Waals surface area contributed by atoms with E-state index in [0.29, 0.717) is 0 Å². The molecule has 2 aromatic heterocycles. The molecule has 3 aromatic rings. The van der Waals surface area contributed by atoms with Crippen molar-refractivity contribution >= 4 is 56.6 Å². The molecule has 168 valence electrons. The Kier molecular flexibility index (Phi) is 6.32. The highest BCUT2D eigenvalue weighted by atomic mass is 35.5. The van der Waals surface area contributed by atoms with Crippen LogP contribution in [-0.4, -0.2) is 48.0 Å². The molecule has 0 spiro atoms. The number of rotatable bonds is 5. The fourth-order valence-corrected chi connectivity index (χ4v) is 6.85. The fraction of sp³-hybridized carbons (Fsp3) is 0.458. The number of anilines is 1. The number of benzene rings is 1. The van der Waals surface area contributed by atoms with Crippen molar-refractivity contribution in [1.82, 2.24) is 14.9 Å². The van der Waals surface area contributed by atoms with Gasteiger partial charge >= 0.3 is 0 Å². The van der Waals surface area contributed by atoms with Crippen LogP contribution in [0.2, 0.25) is 5.02 Å². The molecule has 0 bridgehead atoms. The third-order valence-corrected chi connectivity index (χ3v) is 8.80. The molecule has 32 heavy (non-hydrogen) atoms. The quantitative estimate of drug-likeness (QED) is 0.450. The Labute approximate surface area is 202 Å². The summed E-state index contributed by atoms with van der Waals surface area (Å²) in [5.41, 5.74) is 1.46. The summed E-state index contributed by atoms with van der Waals surface area (Å²) in [6.45, 7) is 1.73. The van der Waals surface area contributed by atoms with Crippen molar-refractivity contribution in [3.63, 3.8) is 0 Å². The fourth-order valence-electron chi connectivity index (χ4n) is 4.70. The van der Waals surface area contributed by atoms with E-state index in [1.54, 1.807) is 16.7 Å². The summed E-state index contributed by atoms with van der Waals surface area (Å²) >= 11 is 9.61. The van der Waals surface area contributed by atoms with Gasteiger partial charge in [0, 0.05) is 47.9 Å². The second-order valence-electron chi connectivity index (χ2n) is 8.74. The second kappa shape index (κ2) is 9.20. The molecule has 0 radical (unpaired) electrons. The number of halogens is 1. The number of amides is 1. The second-order valence-corrected chi connectivity index (χ2v) is 11.3. The first-order valence-corrected chi connectivity index (χ1v) is 13.3. The van der Waals surface area contributed by atoms with E-state index in [-0.39, 0.29) is 11.8 Å². The van der Waals surface area contributed by atoms with Crippen molar-refractivity contribution in [2.24, 2.45) is 5.92 Å². The highest BCUT2D eigenvalue weighted by molar-refractivity contribution is 7.98. The Hall–Kier alpha value is -1.83. The molecule has 1 amide bonds. The highest BCUT2D eigenvalue weighted by Crippen LogP contribution is 2.41. The molecule has 1 aromatic carbocycles. The molecule has 1 saturated heterocycles. The topological polar surface area (TPSA) is 49.3 Å². The van der Waals surface area contributed by atoms with Crippen LogP contribution >= 0.6 is 34.7 Å². The lowest BCUT2D eigenvalue weighted by atomic mass is 9.95. The first-order valence-electron chi connectivity index (χ1n) is 11.1. The van der Waals surface area contributed by atoms with Crippen LogP contribution in [0, 0.1) is 5.92 Å². The number of nitrogens with zero attached hydrogens (tertiary/aromatic N) is 4. The van der Waals surface area contributed by atoms with Gasteiger partial charge in [-0.15, -0.1) is 23.1 Å². The van der Waals surface area contributed by atoms with Gasteiger partial charge in [0.15, 0.2) is 0 Å². The Morgan fingerprint density at radius 3 is 2.66 bits per heavy atom. The number of thiophene rings is 1. The minimum Gasteiger partial charge on any atom is -0.356 e. The predicted octanol–water partition coefficient (Wildman–Crippen LogP) is 5.43. The van der Waals surface area contributed by atoms with Gasteiger partial charge in [0.2, 0.25) is 5.91 Å². The maximum atomic E-state index is 12.4. The van der Waals surface area contributed by atoms with Gasteiger partial charge in [-0.2, -0.15) is 0 Å². The molecule has 5 nitrogen and oxygen atoms in total. The number of fused-ring (bicyclic) bond motifs is 3. The Morgan fingerprint density at radius 1 is 1.19 bits per heavy atom. The third-order valence-electron chi connectivity index (χ3n) is 6.36. The van der Waals surface area contributed by atoms with Gasteiger partial charge in [0.05, 0.1) is 11.1 Å². The Morgan fingerprint density at radius 2 is 1.94 bits per heavy atom. The van der Waals surface area contributed by atoms with Crippen LogP contribution in [0.15, 0.2) is 29.2 Å². The number of hydrogen-bond donors (Lipinski definition) is 0. The molecule has 0 atom stereocenters. The molecule has 1 aliphatic heterocycles. The molecule has 8 heteroatoms. The van der Waals surface area contributed by atoms with Gasteiger partial charge in [-0.05, 0) is 61.9 Å². The lowest BCUT2D eigenvalue weighted by molar-refractivity contribution is -0.133. The van der Waals surface area contributed by atoms with Gasteiger partial charge in [-0.25, -0.2) is 9.97 Å². The number of thioether (sulfide) groups is 1. The highest BCUT2D eigenvalue weighted by Gasteiger charge is 2.30. The lowest BCUT2D eigenvalue weighted by Gasteiger charge is -2.33. The molecule has 0 saturated carbocycles. The molecular weight excluding hydrogens is 460 g/mol. The number of carbonyl (C=O) groups is 1. The molecule has 0 N–H and O–H groups in total. The zero-order valence-corrected chi connectivity index (χ0v) is 20.8. The minimum atomic E-state index is 0.117. The third kappa shape index (κ3) is 4.35. The van der Waals surface area contributed by atoms with Crippen LogP contribution in [-0.2, 0) is 23.4 Å². The molecule has 0 unspecified atom stereocenters. The van der Waals surface area contributed by atoms with E-state index in [0.717, 1.165) is 70.9 Å². The van der Waals surface area contributed by atoms with E-state index < -0.39 is 0 Å². The normalized spacial score (nSPS) is 16.5. The number of aromatic nitrogens is 2. The van der Waals surface area contributed by atoms with Gasteiger partial charge in [-0.3, -0.25) is 4.79 Å². The summed E-state index contributed by atoms with van der Waals surface area (Å²) in [5.74, 6) is 3.04. The number of aryl methyl sites for hydroxylation is 2. The summed E-state index contributed by atoms with van der Waals surface area (Å²) in [5, 5.41) is 2.01. The van der Waals surface area contributed by atoms with Crippen molar-refractivity contribution in [3.8, 4) is 0 Å². The largest absolute Gasteiger partial charge is 0.356 e. The van der Waals surface area contributed by atoms with Crippen molar-refractivity contribution in [1.29, 1.82) is 0 Å². The van der Waals surface area contributed by atoms with Crippen LogP contribution in [0.25, 0.3) is 10.2 Å². The van der Waals surface area contributed by atoms with E-state index in [1.165, 1.54) is 22.2 Å². The van der Waals surface area contributed by atoms with E-state index in [9.17, 15) is 4.79 Å². The smallest absolute Gasteiger partial charge is 0.225 e. The van der Waals surface area contributed by atoms with Gasteiger partial charge < -0.3 is 9.80 Å². The predicted molar refractivity (Wildman–Crippen MR) is 134 cm³/mol. The maximum Gasteiger partial charge on any atom is 0.225 e. The Bertz CT molecular complexity index is 1140. The van der Waals surface area contributed by atoms with Crippen LogP contribution in [0.4, 0.5) is 5.82 Å². The van der Waals surface area contributed by atoms with E-state index in [4.69, 9.17) is 21.6 Å². The molecule has 3 heterocycles. The van der Waals surface area contributed by atoms with Gasteiger partial charge in [0.1, 0.15) is 16.5 Å². The average Bonchev–Trinajstić information content (AvgIpc) is 3.39. The summed E-state index contributed by atoms with van der Waals surface area (Å²) in [4.78, 5) is 30.4. The summed E-state index contributed by atoms with van der Waals surface area (Å²) < 4.78 is 0. The molecule has 1 fully saturated rings. The van der Waals surface area contributed by atoms with E-state index >= 15 is 0 Å². The standard InChI is InChI=1S/C24H27ClN4OS2/c1-28(2)24(30)15-10-12-29(13-11-15)22-21-18-4-3-5-19(18)32-23(21)27-20(26-22)14-31-17-8-6-16(25)7-9-17/h6-9,15H,3-5,10-14H2,1-2H3. The number of hydrogen-bond acceptors (Lipinski definition) is 6. The molecule has 2 aliphatic rings. The monoisotopic (exact) mass is 486 g/mol. The number of piperidine rings is 1. The van der Waals surface area contributed by atoms with E-state index in [1.807, 2.05) is 49.7 Å². The average molecular weight is 487 g/mol. The van der Waals surface area contributed by atoms with Crippen LogP contribution in [0.5, 0.6) is 0 Å². The first kappa shape index (κ1) is 22.0. The first-order chi connectivity index (χ1) is 15.5. The van der Waals surface area contributed by atoms with Crippen molar-refractivity contribution in [3.05, 3.63) is 45.6 Å². The molecule has 5 rings (SSSR count). The number of carbonyl (C=O) groups excluding carboxylic acids is 1. The van der Waals surface area contributed by atoms with Gasteiger partial charge in [-0.1, -0.05) is 11.6 Å². The van der Waals surface area contributed by atoms with Crippen molar-refractivity contribution < 1.29 is 4.79 Å². The molecular formula is C24H27ClN4OS2. The zero-order chi connectivity index (χ0) is 22.2. The van der Waals surface area contributed by atoms with Crippen molar-refractivity contribution in [2.75, 3.05) is 32.1 Å².